The highest BCUT2D eigenvalue weighted by atomic mass is 32.2. The van der Waals surface area contributed by atoms with E-state index in [-0.39, 0.29) is 12.1 Å². The summed E-state index contributed by atoms with van der Waals surface area (Å²) in [5.41, 5.74) is 3.49. The Balaban J connectivity index is 1.73. The Morgan fingerprint density at radius 3 is 2.14 bits per heavy atom. The summed E-state index contributed by atoms with van der Waals surface area (Å²) in [6.45, 7) is 0.817. The second-order valence-corrected chi connectivity index (χ2v) is 7.67. The molecule has 0 heterocycles. The first-order valence-electron chi connectivity index (χ1n) is 9.75. The molecule has 0 spiro atoms. The third kappa shape index (κ3) is 6.24. The number of hydrogen-bond donors (Lipinski definition) is 2. The number of rotatable bonds is 10. The Kier molecular flexibility index (Phi) is 8.18. The summed E-state index contributed by atoms with van der Waals surface area (Å²) in [6, 6.07) is 19.2. The number of allylic oxidation sites excluding steroid dienone is 4. The van der Waals surface area contributed by atoms with E-state index in [0.29, 0.717) is 0 Å². The van der Waals surface area contributed by atoms with Gasteiger partial charge in [0.2, 0.25) is 0 Å². The molecular formula is C23H27N2O2S-. The topological polar surface area (TPSA) is 64.2 Å². The Morgan fingerprint density at radius 2 is 1.57 bits per heavy atom. The minimum Gasteiger partial charge on any atom is -0.760 e. The van der Waals surface area contributed by atoms with Gasteiger partial charge in [-0.3, -0.25) is 4.21 Å². The predicted octanol–water partition coefficient (Wildman–Crippen LogP) is 4.50. The molecule has 148 valence electrons. The van der Waals surface area contributed by atoms with Crippen LogP contribution < -0.4 is 10.0 Å². The maximum absolute atomic E-state index is 11.5. The molecule has 1 aliphatic carbocycles. The van der Waals surface area contributed by atoms with Crippen molar-refractivity contribution in [3.05, 3.63) is 95.6 Å². The van der Waals surface area contributed by atoms with Crippen molar-refractivity contribution in [2.24, 2.45) is 0 Å². The number of benzene rings is 2. The third-order valence-corrected chi connectivity index (χ3v) is 5.45. The Morgan fingerprint density at radius 1 is 0.929 bits per heavy atom. The molecule has 0 bridgehead atoms. The molecule has 0 aliphatic heterocycles. The van der Waals surface area contributed by atoms with Crippen molar-refractivity contribution in [3.8, 4) is 0 Å². The van der Waals surface area contributed by atoms with Gasteiger partial charge in [0.25, 0.3) is 0 Å². The van der Waals surface area contributed by atoms with Crippen molar-refractivity contribution >= 4 is 11.3 Å². The molecule has 0 radical (unpaired) electrons. The number of hydrogen-bond acceptors (Lipinski definition) is 3. The first-order chi connectivity index (χ1) is 13.7. The highest BCUT2D eigenvalue weighted by Crippen LogP contribution is 2.29. The van der Waals surface area contributed by atoms with E-state index < -0.39 is 11.3 Å². The molecule has 0 fully saturated rings. The molecule has 2 N–H and O–H groups in total. The van der Waals surface area contributed by atoms with Crippen LogP contribution in [0, 0.1) is 0 Å². The van der Waals surface area contributed by atoms with Crippen LogP contribution in [-0.4, -0.2) is 15.3 Å². The Hall–Kier alpha value is -2.05. The average Bonchev–Trinajstić information content (AvgIpc) is 2.74. The van der Waals surface area contributed by atoms with Gasteiger partial charge in [0, 0.05) is 11.3 Å². The van der Waals surface area contributed by atoms with E-state index in [4.69, 9.17) is 0 Å². The summed E-state index contributed by atoms with van der Waals surface area (Å²) >= 11 is -2.36. The van der Waals surface area contributed by atoms with Gasteiger partial charge >= 0.3 is 0 Å². The van der Waals surface area contributed by atoms with Crippen LogP contribution in [0.25, 0.3) is 0 Å². The van der Waals surface area contributed by atoms with Gasteiger partial charge in [0.05, 0.1) is 12.1 Å². The lowest BCUT2D eigenvalue weighted by Gasteiger charge is -2.31. The summed E-state index contributed by atoms with van der Waals surface area (Å²) in [5.74, 6) is 0. The quantitative estimate of drug-likeness (QED) is 0.354. The van der Waals surface area contributed by atoms with Gasteiger partial charge in [-0.1, -0.05) is 84.5 Å². The van der Waals surface area contributed by atoms with Gasteiger partial charge in [0.1, 0.15) is 0 Å². The highest BCUT2D eigenvalue weighted by molar-refractivity contribution is 7.77. The lowest BCUT2D eigenvalue weighted by molar-refractivity contribution is 0.412. The van der Waals surface area contributed by atoms with Crippen LogP contribution in [0.3, 0.4) is 0 Å². The first kappa shape index (κ1) is 20.7. The van der Waals surface area contributed by atoms with Crippen molar-refractivity contribution in [3.63, 3.8) is 0 Å². The lowest BCUT2D eigenvalue weighted by Crippen LogP contribution is -2.36. The van der Waals surface area contributed by atoms with Crippen LogP contribution >= 0.6 is 0 Å². The molecule has 3 rings (SSSR count). The normalized spacial score (nSPS) is 17.0. The third-order valence-electron chi connectivity index (χ3n) is 5.00. The molecule has 0 saturated heterocycles. The van der Waals surface area contributed by atoms with E-state index in [1.165, 1.54) is 5.57 Å². The minimum atomic E-state index is -2.36. The van der Waals surface area contributed by atoms with Crippen molar-refractivity contribution in [2.45, 2.75) is 37.8 Å². The zero-order valence-electron chi connectivity index (χ0n) is 15.9. The van der Waals surface area contributed by atoms with Crippen LogP contribution in [0.15, 0.2) is 84.5 Å². The second kappa shape index (κ2) is 11.1. The van der Waals surface area contributed by atoms with Crippen molar-refractivity contribution in [2.75, 3.05) is 6.54 Å². The first-order valence-corrected chi connectivity index (χ1v) is 10.8. The number of nitrogens with one attached hydrogen (secondary N) is 2. The van der Waals surface area contributed by atoms with E-state index in [2.05, 4.69) is 28.3 Å². The second-order valence-electron chi connectivity index (χ2n) is 6.96. The molecule has 2 aromatic carbocycles. The van der Waals surface area contributed by atoms with Gasteiger partial charge < -0.3 is 9.87 Å². The molecule has 3 atom stereocenters. The van der Waals surface area contributed by atoms with E-state index in [0.717, 1.165) is 43.4 Å². The summed E-state index contributed by atoms with van der Waals surface area (Å²) in [4.78, 5) is 0. The van der Waals surface area contributed by atoms with Crippen molar-refractivity contribution in [1.29, 1.82) is 0 Å². The van der Waals surface area contributed by atoms with Crippen molar-refractivity contribution in [1.82, 2.24) is 10.0 Å². The molecule has 5 heteroatoms. The van der Waals surface area contributed by atoms with Crippen LogP contribution in [0.2, 0.25) is 0 Å². The minimum absolute atomic E-state index is 0.151. The monoisotopic (exact) mass is 395 g/mol. The maximum atomic E-state index is 11.5. The highest BCUT2D eigenvalue weighted by Gasteiger charge is 2.24. The van der Waals surface area contributed by atoms with Gasteiger partial charge in [-0.05, 0) is 43.4 Å². The van der Waals surface area contributed by atoms with Crippen LogP contribution in [-0.2, 0) is 11.3 Å². The SMILES string of the molecule is O=S([O-])N[C@@H](c1ccccc1)C(NCCCC1=CCC=CC1)c1ccccc1. The zero-order chi connectivity index (χ0) is 19.6. The van der Waals surface area contributed by atoms with E-state index >= 15 is 0 Å². The molecule has 0 aromatic heterocycles. The van der Waals surface area contributed by atoms with E-state index in [9.17, 15) is 8.76 Å². The van der Waals surface area contributed by atoms with Crippen LogP contribution in [0.4, 0.5) is 0 Å². The van der Waals surface area contributed by atoms with Crippen LogP contribution in [0.1, 0.15) is 48.9 Å². The molecule has 1 aliphatic rings. The molecule has 4 nitrogen and oxygen atoms in total. The zero-order valence-corrected chi connectivity index (χ0v) is 16.7. The molecule has 28 heavy (non-hydrogen) atoms. The van der Waals surface area contributed by atoms with E-state index in [1.54, 1.807) is 0 Å². The maximum Gasteiger partial charge on any atom is 0.0629 e. The predicted molar refractivity (Wildman–Crippen MR) is 114 cm³/mol. The molecule has 2 unspecified atom stereocenters. The standard InChI is InChI=1S/C23H28N2O2S/c26-28(27)25-23(21-16-8-3-9-17-21)22(20-14-6-2-7-15-20)24-18-10-13-19-11-4-1-5-12-19/h1-4,6-9,12,14-17,22-25H,5,10-11,13,18H2,(H,26,27)/p-1/t22?,23-/m0/s1. The Bertz CT molecular complexity index is 806. The Labute approximate surface area is 170 Å². The largest absolute Gasteiger partial charge is 0.760 e. The smallest absolute Gasteiger partial charge is 0.0629 e. The van der Waals surface area contributed by atoms with Gasteiger partial charge in [-0.25, -0.2) is 4.72 Å². The summed E-state index contributed by atoms with van der Waals surface area (Å²) in [5, 5.41) is 3.60. The van der Waals surface area contributed by atoms with Crippen LogP contribution in [0.5, 0.6) is 0 Å². The van der Waals surface area contributed by atoms with E-state index in [1.807, 2.05) is 60.7 Å². The molecule has 0 amide bonds. The summed E-state index contributed by atoms with van der Waals surface area (Å²) in [6.07, 6.45) is 10.9. The lowest BCUT2D eigenvalue weighted by atomic mass is 9.93. The molecular weight excluding hydrogens is 368 g/mol. The fourth-order valence-corrected chi connectivity index (χ4v) is 4.09. The summed E-state index contributed by atoms with van der Waals surface area (Å²) < 4.78 is 25.7. The van der Waals surface area contributed by atoms with Gasteiger partial charge in [-0.2, -0.15) is 0 Å². The van der Waals surface area contributed by atoms with Crippen molar-refractivity contribution < 1.29 is 8.76 Å². The molecule has 0 saturated carbocycles. The summed E-state index contributed by atoms with van der Waals surface area (Å²) in [7, 11) is 0. The van der Waals surface area contributed by atoms with Gasteiger partial charge in [-0.15, -0.1) is 0 Å². The fraction of sp³-hybridized carbons (Fsp3) is 0.304. The fourth-order valence-electron chi connectivity index (χ4n) is 3.61. The molecule has 2 aromatic rings. The van der Waals surface area contributed by atoms with Gasteiger partial charge in [0.15, 0.2) is 0 Å². The average molecular weight is 396 g/mol.